The summed E-state index contributed by atoms with van der Waals surface area (Å²) in [7, 11) is -3.82. The van der Waals surface area contributed by atoms with Crippen molar-refractivity contribution in [3.05, 3.63) is 89.0 Å². The van der Waals surface area contributed by atoms with Gasteiger partial charge in [0, 0.05) is 0 Å². The van der Waals surface area contributed by atoms with E-state index in [1.54, 1.807) is 36.4 Å². The Hall–Kier alpha value is -3.32. The molecule has 3 aromatic carbocycles. The molecule has 32 heavy (non-hydrogen) atoms. The van der Waals surface area contributed by atoms with Crippen LogP contribution < -0.4 is 9.46 Å². The average molecular weight is 454 g/mol. The van der Waals surface area contributed by atoms with Crippen molar-refractivity contribution in [1.82, 2.24) is 0 Å². The molecule has 0 aliphatic heterocycles. The van der Waals surface area contributed by atoms with E-state index in [-0.39, 0.29) is 17.1 Å². The third kappa shape index (κ3) is 5.88. The highest BCUT2D eigenvalue weighted by atomic mass is 32.2. The number of carboxylic acid groups (broad SMARTS) is 1. The van der Waals surface area contributed by atoms with Crippen LogP contribution in [-0.4, -0.2) is 19.5 Å². The van der Waals surface area contributed by atoms with E-state index in [4.69, 9.17) is 9.84 Å². The second-order valence-electron chi connectivity index (χ2n) is 8.10. The number of aromatic carboxylic acids is 1. The third-order valence-corrected chi connectivity index (χ3v) is 6.33. The minimum Gasteiger partial charge on any atom is -0.487 e. The highest BCUT2D eigenvalue weighted by molar-refractivity contribution is 7.92. The van der Waals surface area contributed by atoms with Crippen LogP contribution >= 0.6 is 0 Å². The Labute approximate surface area is 188 Å². The van der Waals surface area contributed by atoms with Crippen LogP contribution in [0.4, 0.5) is 5.69 Å². The maximum atomic E-state index is 13.2. The Morgan fingerprint density at radius 3 is 2.38 bits per heavy atom. The maximum absolute atomic E-state index is 13.2. The first-order valence-corrected chi connectivity index (χ1v) is 11.8. The summed E-state index contributed by atoms with van der Waals surface area (Å²) in [5, 5.41) is 9.02. The third-order valence-electron chi connectivity index (χ3n) is 4.87. The van der Waals surface area contributed by atoms with Crippen LogP contribution in [0.1, 0.15) is 40.9 Å². The molecule has 6 nitrogen and oxygen atoms in total. The van der Waals surface area contributed by atoms with Crippen molar-refractivity contribution in [1.29, 1.82) is 0 Å². The fraction of sp³-hybridized carbons (Fsp3) is 0.240. The van der Waals surface area contributed by atoms with E-state index in [2.05, 4.69) is 4.72 Å². The first-order chi connectivity index (χ1) is 15.2. The lowest BCUT2D eigenvalue weighted by molar-refractivity contribution is 0.0697. The molecule has 0 unspecified atom stereocenters. The predicted octanol–water partition coefficient (Wildman–Crippen LogP) is 5.27. The van der Waals surface area contributed by atoms with E-state index >= 15 is 0 Å². The van der Waals surface area contributed by atoms with Gasteiger partial charge in [0.25, 0.3) is 10.0 Å². The average Bonchev–Trinajstić information content (AvgIpc) is 2.74. The van der Waals surface area contributed by atoms with Crippen LogP contribution in [0.5, 0.6) is 5.75 Å². The number of sulfonamides is 1. The molecule has 2 N–H and O–H groups in total. The summed E-state index contributed by atoms with van der Waals surface area (Å²) in [6.45, 7) is 6.16. The van der Waals surface area contributed by atoms with Crippen molar-refractivity contribution >= 4 is 21.7 Å². The molecule has 0 atom stereocenters. The monoisotopic (exact) mass is 453 g/mol. The number of ether oxygens (including phenoxy) is 1. The summed E-state index contributed by atoms with van der Waals surface area (Å²) >= 11 is 0. The molecule has 168 valence electrons. The van der Waals surface area contributed by atoms with E-state index in [0.29, 0.717) is 23.8 Å². The summed E-state index contributed by atoms with van der Waals surface area (Å²) in [5.74, 6) is -0.278. The minimum atomic E-state index is -3.82. The molecule has 0 aliphatic rings. The Morgan fingerprint density at radius 1 is 1.03 bits per heavy atom. The lowest BCUT2D eigenvalue weighted by atomic mass is 10.0. The summed E-state index contributed by atoms with van der Waals surface area (Å²) in [6, 6.07) is 18.6. The van der Waals surface area contributed by atoms with Gasteiger partial charge in [-0.3, -0.25) is 4.72 Å². The van der Waals surface area contributed by atoms with Crippen LogP contribution in [0, 0.1) is 12.8 Å². The highest BCUT2D eigenvalue weighted by Crippen LogP contribution is 2.30. The van der Waals surface area contributed by atoms with Crippen molar-refractivity contribution in [3.8, 4) is 5.75 Å². The van der Waals surface area contributed by atoms with E-state index in [1.807, 2.05) is 39.0 Å². The fourth-order valence-corrected chi connectivity index (χ4v) is 4.63. The molecule has 0 bridgehead atoms. The quantitative estimate of drug-likeness (QED) is 0.460. The number of carboxylic acids is 1. The number of nitrogens with one attached hydrogen (secondary N) is 1. The van der Waals surface area contributed by atoms with Gasteiger partial charge < -0.3 is 9.84 Å². The van der Waals surface area contributed by atoms with Gasteiger partial charge in [-0.15, -0.1) is 0 Å². The van der Waals surface area contributed by atoms with Crippen LogP contribution in [0.3, 0.4) is 0 Å². The van der Waals surface area contributed by atoms with Gasteiger partial charge in [-0.2, -0.15) is 0 Å². The molecule has 0 aromatic heterocycles. The molecule has 0 heterocycles. The van der Waals surface area contributed by atoms with Gasteiger partial charge in [-0.05, 0) is 66.3 Å². The van der Waals surface area contributed by atoms with Gasteiger partial charge in [0.15, 0.2) is 0 Å². The van der Waals surface area contributed by atoms with Crippen LogP contribution in [-0.2, 0) is 23.1 Å². The van der Waals surface area contributed by atoms with E-state index in [1.165, 1.54) is 12.1 Å². The normalized spacial score (nSPS) is 11.4. The number of carbonyl (C=O) groups is 1. The second-order valence-corrected chi connectivity index (χ2v) is 9.75. The molecule has 3 aromatic rings. The largest absolute Gasteiger partial charge is 0.487 e. The minimum absolute atomic E-state index is 0.169. The Balaban J connectivity index is 1.84. The summed E-state index contributed by atoms with van der Waals surface area (Å²) in [6.07, 6.45) is 0.653. The first-order valence-electron chi connectivity index (χ1n) is 10.3. The number of hydrogen-bond acceptors (Lipinski definition) is 4. The van der Waals surface area contributed by atoms with Gasteiger partial charge in [0.05, 0.1) is 16.1 Å². The lowest BCUT2D eigenvalue weighted by Crippen LogP contribution is -2.16. The zero-order valence-electron chi connectivity index (χ0n) is 18.3. The van der Waals surface area contributed by atoms with Gasteiger partial charge >= 0.3 is 5.97 Å². The number of rotatable bonds is 9. The molecule has 3 rings (SSSR count). The zero-order valence-corrected chi connectivity index (χ0v) is 19.1. The predicted molar refractivity (Wildman–Crippen MR) is 125 cm³/mol. The van der Waals surface area contributed by atoms with E-state index in [0.717, 1.165) is 16.7 Å². The molecular formula is C25H27NO5S. The van der Waals surface area contributed by atoms with E-state index in [9.17, 15) is 13.2 Å². The molecule has 0 saturated carbocycles. The van der Waals surface area contributed by atoms with Crippen LogP contribution in [0.25, 0.3) is 0 Å². The molecular weight excluding hydrogens is 426 g/mol. The molecule has 0 amide bonds. The molecule has 0 fully saturated rings. The summed E-state index contributed by atoms with van der Waals surface area (Å²) < 4.78 is 35.0. The van der Waals surface area contributed by atoms with Crippen LogP contribution in [0.2, 0.25) is 0 Å². The number of benzene rings is 3. The van der Waals surface area contributed by atoms with Crippen molar-refractivity contribution in [3.63, 3.8) is 0 Å². The fourth-order valence-electron chi connectivity index (χ4n) is 3.31. The molecule has 0 aliphatic carbocycles. The summed E-state index contributed by atoms with van der Waals surface area (Å²) in [5.41, 5.74) is 3.00. The molecule has 0 radical (unpaired) electrons. The van der Waals surface area contributed by atoms with Crippen molar-refractivity contribution in [2.75, 3.05) is 4.72 Å². The summed E-state index contributed by atoms with van der Waals surface area (Å²) in [4.78, 5) is 11.3. The molecule has 0 spiro atoms. The number of anilines is 1. The number of aryl methyl sites for hydroxylation is 1. The molecule has 0 saturated heterocycles. The van der Waals surface area contributed by atoms with Crippen LogP contribution in [0.15, 0.2) is 71.6 Å². The molecule has 7 heteroatoms. The smallest absolute Gasteiger partial charge is 0.335 e. The van der Waals surface area contributed by atoms with E-state index < -0.39 is 16.0 Å². The first kappa shape index (κ1) is 23.3. The van der Waals surface area contributed by atoms with Crippen molar-refractivity contribution in [2.24, 2.45) is 5.92 Å². The van der Waals surface area contributed by atoms with Crippen molar-refractivity contribution in [2.45, 2.75) is 38.7 Å². The maximum Gasteiger partial charge on any atom is 0.335 e. The lowest BCUT2D eigenvalue weighted by Gasteiger charge is -2.17. The Bertz CT molecular complexity index is 1200. The van der Waals surface area contributed by atoms with Gasteiger partial charge in [-0.25, -0.2) is 13.2 Å². The van der Waals surface area contributed by atoms with Gasteiger partial charge in [-0.1, -0.05) is 50.2 Å². The Kier molecular flexibility index (Phi) is 7.20. The highest BCUT2D eigenvalue weighted by Gasteiger charge is 2.20. The van der Waals surface area contributed by atoms with Gasteiger partial charge in [0.1, 0.15) is 12.4 Å². The van der Waals surface area contributed by atoms with Crippen molar-refractivity contribution < 1.29 is 23.1 Å². The second kappa shape index (κ2) is 9.87. The number of hydrogen-bond donors (Lipinski definition) is 2. The SMILES string of the molecule is Cc1ccc(NS(=O)(=O)c2ccccc2CC(C)C)c(OCc2ccc(C(=O)O)cc2)c1. The standard InChI is InChI=1S/C25H27NO5S/c1-17(2)14-21-6-4-5-7-24(21)32(29,30)26-22-13-8-18(3)15-23(22)31-16-19-9-11-20(12-10-19)25(27)28/h4-13,15,17,26H,14,16H2,1-3H3,(H,27,28). The topological polar surface area (TPSA) is 92.7 Å². The Morgan fingerprint density at radius 2 is 1.72 bits per heavy atom. The van der Waals surface area contributed by atoms with Gasteiger partial charge in [0.2, 0.25) is 0 Å². The zero-order chi connectivity index (χ0) is 23.3.